The van der Waals surface area contributed by atoms with Crippen molar-refractivity contribution >= 4 is 45.3 Å². The molecule has 0 aliphatic rings. The van der Waals surface area contributed by atoms with E-state index in [2.05, 4.69) is 21.2 Å². The fourth-order valence-electron chi connectivity index (χ4n) is 2.57. The van der Waals surface area contributed by atoms with Crippen LogP contribution in [0.3, 0.4) is 0 Å². The summed E-state index contributed by atoms with van der Waals surface area (Å²) in [5.74, 6) is -0.930. The van der Waals surface area contributed by atoms with Crippen LogP contribution in [0.1, 0.15) is 26.3 Å². The number of carbonyl (C=O) groups is 2. The van der Waals surface area contributed by atoms with Crippen LogP contribution >= 0.6 is 27.5 Å². The highest BCUT2D eigenvalue weighted by molar-refractivity contribution is 9.10. The zero-order valence-electron chi connectivity index (χ0n) is 17.4. The summed E-state index contributed by atoms with van der Waals surface area (Å²) in [6, 6.07) is 5.97. The zero-order chi connectivity index (χ0) is 23.3. The molecule has 0 bridgehead atoms. The summed E-state index contributed by atoms with van der Waals surface area (Å²) >= 11 is 9.51. The second kappa shape index (κ2) is 10.2. The van der Waals surface area contributed by atoms with Gasteiger partial charge in [0.15, 0.2) is 5.75 Å². The molecule has 2 aromatic carbocycles. The number of rotatable bonds is 6. The number of halogens is 3. The van der Waals surface area contributed by atoms with Crippen LogP contribution in [0.15, 0.2) is 34.8 Å². The Hall–Kier alpha value is -2.52. The number of nitrogens with one attached hydrogen (secondary N) is 1. The first-order valence-corrected chi connectivity index (χ1v) is 10.4. The van der Waals surface area contributed by atoms with Gasteiger partial charge in [-0.05, 0) is 60.5 Å². The number of carbonyl (C=O) groups excluding carboxylic acids is 2. The van der Waals surface area contributed by atoms with Gasteiger partial charge in [-0.25, -0.2) is 14.0 Å². The van der Waals surface area contributed by atoms with Crippen molar-refractivity contribution in [3.05, 3.63) is 51.2 Å². The quantitative estimate of drug-likeness (QED) is 0.402. The predicted molar refractivity (Wildman–Crippen MR) is 119 cm³/mol. The molecule has 0 unspecified atom stereocenters. The summed E-state index contributed by atoms with van der Waals surface area (Å²) < 4.78 is 29.8. The van der Waals surface area contributed by atoms with Crippen molar-refractivity contribution < 1.29 is 28.2 Å². The fraction of sp³-hybridized carbons (Fsp3) is 0.333. The van der Waals surface area contributed by atoms with Crippen LogP contribution in [0.2, 0.25) is 5.02 Å². The van der Waals surface area contributed by atoms with Gasteiger partial charge in [-0.2, -0.15) is 0 Å². The van der Waals surface area contributed by atoms with E-state index in [0.717, 1.165) is 0 Å². The fourth-order valence-corrected chi connectivity index (χ4v) is 3.10. The average molecular weight is 518 g/mol. The maximum atomic E-state index is 13.6. The summed E-state index contributed by atoms with van der Waals surface area (Å²) in [6.07, 6.45) is -0.800. The van der Waals surface area contributed by atoms with E-state index in [4.69, 9.17) is 31.5 Å². The van der Waals surface area contributed by atoms with Gasteiger partial charge >= 0.3 is 12.1 Å². The Morgan fingerprint density at radius 2 is 1.94 bits per heavy atom. The summed E-state index contributed by atoms with van der Waals surface area (Å²) in [5, 5.41) is 2.67. The lowest BCUT2D eigenvalue weighted by molar-refractivity contribution is -0.143. The minimum atomic E-state index is -1.07. The predicted octanol–water partition coefficient (Wildman–Crippen LogP) is 5.22. The third-order valence-corrected chi connectivity index (χ3v) is 4.90. The lowest BCUT2D eigenvalue weighted by atomic mass is 10.0. The molecule has 0 saturated carbocycles. The number of hydrogen-bond donors (Lipinski definition) is 2. The van der Waals surface area contributed by atoms with Crippen LogP contribution in [0, 0.1) is 5.82 Å². The van der Waals surface area contributed by atoms with Crippen LogP contribution in [-0.2, 0) is 20.7 Å². The Labute approximate surface area is 193 Å². The van der Waals surface area contributed by atoms with E-state index in [9.17, 15) is 14.0 Å². The van der Waals surface area contributed by atoms with Gasteiger partial charge < -0.3 is 25.3 Å². The first-order chi connectivity index (χ1) is 14.4. The van der Waals surface area contributed by atoms with Crippen molar-refractivity contribution in [2.45, 2.75) is 38.8 Å². The summed E-state index contributed by atoms with van der Waals surface area (Å²) in [4.78, 5) is 24.4. The van der Waals surface area contributed by atoms with Crippen LogP contribution in [0.25, 0.3) is 0 Å². The molecular formula is C21H23BrClFN2O5. The van der Waals surface area contributed by atoms with Gasteiger partial charge in [0.25, 0.3) is 0 Å². The number of alkyl carbamates (subject to hydrolysis) is 1. The molecule has 2 rings (SSSR count). The summed E-state index contributed by atoms with van der Waals surface area (Å²) in [5.41, 5.74) is 6.07. The molecule has 168 valence electrons. The molecule has 31 heavy (non-hydrogen) atoms. The number of hydrogen-bond acceptors (Lipinski definition) is 6. The number of benzene rings is 2. The van der Waals surface area contributed by atoms with Crippen molar-refractivity contribution in [3.63, 3.8) is 0 Å². The van der Waals surface area contributed by atoms with Crippen molar-refractivity contribution in [3.8, 4) is 11.5 Å². The summed E-state index contributed by atoms with van der Waals surface area (Å²) in [6.45, 7) is 5.10. The van der Waals surface area contributed by atoms with Crippen LogP contribution in [0.4, 0.5) is 14.9 Å². The second-order valence-electron chi connectivity index (χ2n) is 7.55. The molecule has 7 nitrogen and oxygen atoms in total. The molecular weight excluding hydrogens is 495 g/mol. The second-order valence-corrected chi connectivity index (χ2v) is 8.81. The zero-order valence-corrected chi connectivity index (χ0v) is 19.8. The van der Waals surface area contributed by atoms with E-state index >= 15 is 0 Å². The Balaban J connectivity index is 2.32. The average Bonchev–Trinajstić information content (AvgIpc) is 2.67. The summed E-state index contributed by atoms with van der Waals surface area (Å²) in [7, 11) is 1.20. The maximum Gasteiger partial charge on any atom is 0.408 e. The highest BCUT2D eigenvalue weighted by atomic mass is 79.9. The maximum absolute atomic E-state index is 13.6. The van der Waals surface area contributed by atoms with Gasteiger partial charge in [-0.1, -0.05) is 17.7 Å². The Bertz CT molecular complexity index is 981. The van der Waals surface area contributed by atoms with Gasteiger partial charge in [-0.15, -0.1) is 0 Å². The van der Waals surface area contributed by atoms with Gasteiger partial charge in [0.2, 0.25) is 0 Å². The smallest absolute Gasteiger partial charge is 0.408 e. The number of nitrogens with two attached hydrogens (primary N) is 1. The Kier molecular flexibility index (Phi) is 8.14. The number of nitrogen functional groups attached to an aromatic ring is 1. The molecule has 0 aromatic heterocycles. The first kappa shape index (κ1) is 24.7. The van der Waals surface area contributed by atoms with Gasteiger partial charge in [-0.3, -0.25) is 0 Å². The molecule has 0 saturated heterocycles. The number of anilines is 1. The molecule has 1 atom stereocenters. The highest BCUT2D eigenvalue weighted by Crippen LogP contribution is 2.40. The van der Waals surface area contributed by atoms with E-state index in [1.54, 1.807) is 26.8 Å². The largest absolute Gasteiger partial charge is 0.467 e. The van der Waals surface area contributed by atoms with E-state index < -0.39 is 29.5 Å². The third-order valence-electron chi connectivity index (χ3n) is 3.94. The molecule has 0 heterocycles. The Morgan fingerprint density at radius 1 is 1.26 bits per heavy atom. The number of amides is 1. The minimum absolute atomic E-state index is 0.0183. The topological polar surface area (TPSA) is 99.9 Å². The van der Waals surface area contributed by atoms with E-state index in [-0.39, 0.29) is 28.6 Å². The first-order valence-electron chi connectivity index (χ1n) is 9.18. The Morgan fingerprint density at radius 3 is 2.55 bits per heavy atom. The number of ether oxygens (including phenoxy) is 3. The van der Waals surface area contributed by atoms with Crippen molar-refractivity contribution in [1.29, 1.82) is 0 Å². The van der Waals surface area contributed by atoms with E-state index in [1.165, 1.54) is 31.4 Å². The van der Waals surface area contributed by atoms with Crippen LogP contribution in [0.5, 0.6) is 11.5 Å². The van der Waals surface area contributed by atoms with E-state index in [0.29, 0.717) is 10.0 Å². The molecule has 0 fully saturated rings. The monoisotopic (exact) mass is 516 g/mol. The lowest BCUT2D eigenvalue weighted by Crippen LogP contribution is -2.45. The molecule has 3 N–H and O–H groups in total. The standard InChI is InChI=1S/C21H23BrClFN2O5/c1-21(2,3)31-20(28)26-15(19(27)29-4)9-11-5-8-14(23)18(17(11)25)30-16-10-12(24)6-7-13(16)22/h5-8,10,15H,9,25H2,1-4H3,(H,26,28)/t15-/m1/s1. The molecule has 0 aliphatic heterocycles. The normalized spacial score (nSPS) is 12.1. The van der Waals surface area contributed by atoms with E-state index in [1.807, 2.05) is 0 Å². The minimum Gasteiger partial charge on any atom is -0.467 e. The number of esters is 1. The molecule has 1 amide bonds. The molecule has 10 heteroatoms. The lowest BCUT2D eigenvalue weighted by Gasteiger charge is -2.23. The molecule has 0 spiro atoms. The molecule has 2 aromatic rings. The van der Waals surface area contributed by atoms with Crippen LogP contribution in [-0.4, -0.2) is 30.8 Å². The van der Waals surface area contributed by atoms with Gasteiger partial charge in [0.1, 0.15) is 23.2 Å². The van der Waals surface area contributed by atoms with Crippen molar-refractivity contribution in [2.24, 2.45) is 0 Å². The third kappa shape index (κ3) is 7.00. The van der Waals surface area contributed by atoms with Gasteiger partial charge in [0, 0.05) is 12.5 Å². The van der Waals surface area contributed by atoms with Crippen molar-refractivity contribution in [2.75, 3.05) is 12.8 Å². The van der Waals surface area contributed by atoms with Crippen molar-refractivity contribution in [1.82, 2.24) is 5.32 Å². The molecule has 0 radical (unpaired) electrons. The van der Waals surface area contributed by atoms with Gasteiger partial charge in [0.05, 0.1) is 22.3 Å². The number of methoxy groups -OCH3 is 1. The molecule has 0 aliphatic carbocycles. The highest BCUT2D eigenvalue weighted by Gasteiger charge is 2.27. The van der Waals surface area contributed by atoms with Crippen LogP contribution < -0.4 is 15.8 Å². The SMILES string of the molecule is COC(=O)[C@@H](Cc1ccc(Cl)c(Oc2cc(F)ccc2Br)c1N)NC(=O)OC(C)(C)C.